The molecular weight excluding hydrogens is 343 g/mol. The van der Waals surface area contributed by atoms with Gasteiger partial charge in [0, 0.05) is 5.69 Å². The van der Waals surface area contributed by atoms with Gasteiger partial charge in [0.05, 0.1) is 15.6 Å². The van der Waals surface area contributed by atoms with Crippen molar-refractivity contribution in [3.05, 3.63) is 66.0 Å². The van der Waals surface area contributed by atoms with Crippen LogP contribution in [-0.4, -0.2) is 14.3 Å². The predicted octanol–water partition coefficient (Wildman–Crippen LogP) is 3.40. The Morgan fingerprint density at radius 3 is 2.30 bits per heavy atom. The smallest absolute Gasteiger partial charge is 0.261 e. The Balaban J connectivity index is 2.20. The molecule has 0 fully saturated rings. The first-order chi connectivity index (χ1) is 10.8. The summed E-state index contributed by atoms with van der Waals surface area (Å²) in [6.07, 6.45) is 1.10. The minimum absolute atomic E-state index is 0.0189. The summed E-state index contributed by atoms with van der Waals surface area (Å²) in [5.74, 6) is -1.04. The average molecular weight is 355 g/mol. The second-order valence-electron chi connectivity index (χ2n) is 4.45. The molecule has 23 heavy (non-hydrogen) atoms. The first kappa shape index (κ1) is 17.0. The largest absolute Gasteiger partial charge is 0.323 e. The lowest BCUT2D eigenvalue weighted by Crippen LogP contribution is -2.13. The number of carbonyl (C=O) groups excluding carboxylic acids is 1. The van der Waals surface area contributed by atoms with Gasteiger partial charge in [-0.15, -0.1) is 0 Å². The first-order valence-corrected chi connectivity index (χ1v) is 8.19. The van der Waals surface area contributed by atoms with Crippen LogP contribution in [-0.2, 0) is 14.8 Å². The number of hydrogen-bond donors (Lipinski definition) is 2. The van der Waals surface area contributed by atoms with Crippen molar-refractivity contribution in [3.8, 4) is 0 Å². The van der Waals surface area contributed by atoms with E-state index < -0.39 is 21.7 Å². The number of benzene rings is 2. The fourth-order valence-electron chi connectivity index (χ4n) is 1.68. The SMILES string of the molecule is C=CC(=O)Nc1ccc(S(=O)(=O)Nc2ccc(F)c(Cl)c2)cc1. The van der Waals surface area contributed by atoms with Crippen LogP contribution in [0.25, 0.3) is 0 Å². The number of carbonyl (C=O) groups is 1. The van der Waals surface area contributed by atoms with Crippen LogP contribution in [0.5, 0.6) is 0 Å². The number of rotatable bonds is 5. The lowest BCUT2D eigenvalue weighted by atomic mass is 10.3. The third kappa shape index (κ3) is 4.30. The molecule has 0 aliphatic heterocycles. The van der Waals surface area contributed by atoms with Gasteiger partial charge in [0.25, 0.3) is 10.0 Å². The van der Waals surface area contributed by atoms with Crippen LogP contribution in [0, 0.1) is 5.82 Å². The predicted molar refractivity (Wildman–Crippen MR) is 87.5 cm³/mol. The van der Waals surface area contributed by atoms with Crippen molar-refractivity contribution in [1.82, 2.24) is 0 Å². The van der Waals surface area contributed by atoms with Gasteiger partial charge in [0.15, 0.2) is 0 Å². The minimum Gasteiger partial charge on any atom is -0.323 e. The Kier molecular flexibility index (Phi) is 5.02. The molecule has 2 N–H and O–H groups in total. The number of halogens is 2. The van der Waals surface area contributed by atoms with E-state index in [2.05, 4.69) is 16.6 Å². The highest BCUT2D eigenvalue weighted by molar-refractivity contribution is 7.92. The highest BCUT2D eigenvalue weighted by atomic mass is 35.5. The summed E-state index contributed by atoms with van der Waals surface area (Å²) in [6, 6.07) is 9.03. The highest BCUT2D eigenvalue weighted by Gasteiger charge is 2.15. The molecule has 0 saturated carbocycles. The molecule has 0 unspecified atom stereocenters. The van der Waals surface area contributed by atoms with Crippen molar-refractivity contribution in [1.29, 1.82) is 0 Å². The third-order valence-corrected chi connectivity index (χ3v) is 4.48. The van der Waals surface area contributed by atoms with Gasteiger partial charge in [-0.1, -0.05) is 18.2 Å². The zero-order valence-corrected chi connectivity index (χ0v) is 13.3. The summed E-state index contributed by atoms with van der Waals surface area (Å²) in [6.45, 7) is 3.32. The number of anilines is 2. The van der Waals surface area contributed by atoms with E-state index in [-0.39, 0.29) is 15.6 Å². The van der Waals surface area contributed by atoms with Crippen molar-refractivity contribution in [2.75, 3.05) is 10.0 Å². The maximum Gasteiger partial charge on any atom is 0.261 e. The van der Waals surface area contributed by atoms with E-state index in [0.29, 0.717) is 5.69 Å². The maximum atomic E-state index is 13.1. The Morgan fingerprint density at radius 1 is 1.13 bits per heavy atom. The molecule has 120 valence electrons. The van der Waals surface area contributed by atoms with Crippen LogP contribution < -0.4 is 10.0 Å². The van der Waals surface area contributed by atoms with Gasteiger partial charge in [0.1, 0.15) is 5.82 Å². The van der Waals surface area contributed by atoms with Crippen LogP contribution >= 0.6 is 11.6 Å². The number of hydrogen-bond acceptors (Lipinski definition) is 3. The molecule has 2 aromatic carbocycles. The lowest BCUT2D eigenvalue weighted by molar-refractivity contribution is -0.111. The Bertz CT molecular complexity index is 852. The minimum atomic E-state index is -3.86. The number of nitrogens with one attached hydrogen (secondary N) is 2. The van der Waals surface area contributed by atoms with Gasteiger partial charge < -0.3 is 5.32 Å². The standard InChI is InChI=1S/C15H12ClFN2O3S/c1-2-15(20)18-10-3-6-12(7-4-10)23(21,22)19-11-5-8-14(17)13(16)9-11/h2-9,19H,1H2,(H,18,20). The lowest BCUT2D eigenvalue weighted by Gasteiger charge is -2.09. The van der Waals surface area contributed by atoms with E-state index in [1.807, 2.05) is 0 Å². The fraction of sp³-hybridized carbons (Fsp3) is 0. The fourth-order valence-corrected chi connectivity index (χ4v) is 2.91. The Morgan fingerprint density at radius 2 is 1.74 bits per heavy atom. The number of amides is 1. The van der Waals surface area contributed by atoms with Gasteiger partial charge in [-0.25, -0.2) is 12.8 Å². The molecule has 0 heterocycles. The van der Waals surface area contributed by atoms with E-state index in [1.165, 1.54) is 36.4 Å². The summed E-state index contributed by atoms with van der Waals surface area (Å²) in [5.41, 5.74) is 0.569. The van der Waals surface area contributed by atoms with Crippen molar-refractivity contribution in [3.63, 3.8) is 0 Å². The zero-order chi connectivity index (χ0) is 17.0. The zero-order valence-electron chi connectivity index (χ0n) is 11.7. The van der Waals surface area contributed by atoms with Gasteiger partial charge in [-0.3, -0.25) is 9.52 Å². The van der Waals surface area contributed by atoms with Crippen LogP contribution in [0.15, 0.2) is 60.0 Å². The van der Waals surface area contributed by atoms with E-state index in [9.17, 15) is 17.6 Å². The van der Waals surface area contributed by atoms with E-state index in [4.69, 9.17) is 11.6 Å². The molecular formula is C15H12ClFN2O3S. The molecule has 0 atom stereocenters. The van der Waals surface area contributed by atoms with Crippen LogP contribution in [0.4, 0.5) is 15.8 Å². The van der Waals surface area contributed by atoms with Crippen molar-refractivity contribution in [2.45, 2.75) is 4.90 Å². The van der Waals surface area contributed by atoms with Gasteiger partial charge in [-0.05, 0) is 48.5 Å². The molecule has 0 bridgehead atoms. The second kappa shape index (κ2) is 6.80. The molecule has 0 radical (unpaired) electrons. The average Bonchev–Trinajstić information content (AvgIpc) is 2.51. The highest BCUT2D eigenvalue weighted by Crippen LogP contribution is 2.22. The molecule has 0 saturated heterocycles. The Hall–Kier alpha value is -2.38. The van der Waals surface area contributed by atoms with E-state index in [1.54, 1.807) is 0 Å². The molecule has 0 spiro atoms. The summed E-state index contributed by atoms with van der Waals surface area (Å²) >= 11 is 5.61. The third-order valence-electron chi connectivity index (χ3n) is 2.79. The monoisotopic (exact) mass is 354 g/mol. The topological polar surface area (TPSA) is 75.3 Å². The summed E-state index contributed by atoms with van der Waals surface area (Å²) in [4.78, 5) is 11.1. The molecule has 5 nitrogen and oxygen atoms in total. The molecule has 0 aromatic heterocycles. The summed E-state index contributed by atoms with van der Waals surface area (Å²) < 4.78 is 39.8. The van der Waals surface area contributed by atoms with Crippen molar-refractivity contribution >= 4 is 38.9 Å². The van der Waals surface area contributed by atoms with Crippen LogP contribution in [0.1, 0.15) is 0 Å². The molecule has 0 aliphatic carbocycles. The Labute approximate surface area is 137 Å². The van der Waals surface area contributed by atoms with Gasteiger partial charge in [-0.2, -0.15) is 0 Å². The van der Waals surface area contributed by atoms with E-state index in [0.717, 1.165) is 12.1 Å². The molecule has 8 heteroatoms. The van der Waals surface area contributed by atoms with Crippen LogP contribution in [0.3, 0.4) is 0 Å². The molecule has 1 amide bonds. The van der Waals surface area contributed by atoms with Gasteiger partial charge >= 0.3 is 0 Å². The van der Waals surface area contributed by atoms with Crippen LogP contribution in [0.2, 0.25) is 5.02 Å². The normalized spacial score (nSPS) is 10.9. The van der Waals surface area contributed by atoms with Gasteiger partial charge in [0.2, 0.25) is 5.91 Å². The quantitative estimate of drug-likeness (QED) is 0.808. The summed E-state index contributed by atoms with van der Waals surface area (Å²) in [5, 5.41) is 2.31. The molecule has 2 rings (SSSR count). The second-order valence-corrected chi connectivity index (χ2v) is 6.54. The van der Waals surface area contributed by atoms with E-state index >= 15 is 0 Å². The first-order valence-electron chi connectivity index (χ1n) is 6.33. The molecule has 2 aromatic rings. The summed E-state index contributed by atoms with van der Waals surface area (Å²) in [7, 11) is -3.86. The van der Waals surface area contributed by atoms with Crippen molar-refractivity contribution < 1.29 is 17.6 Å². The molecule has 0 aliphatic rings. The number of sulfonamides is 1. The maximum absolute atomic E-state index is 13.1. The van der Waals surface area contributed by atoms with Crippen molar-refractivity contribution in [2.24, 2.45) is 0 Å².